The third-order valence-corrected chi connectivity index (χ3v) is 12.0. The molecular weight excluding hydrogens is 671 g/mol. The van der Waals surface area contributed by atoms with Crippen molar-refractivity contribution in [1.82, 2.24) is 0 Å². The van der Waals surface area contributed by atoms with Crippen molar-refractivity contribution < 1.29 is 0 Å². The van der Waals surface area contributed by atoms with E-state index in [2.05, 4.69) is 203 Å². The van der Waals surface area contributed by atoms with E-state index in [-0.39, 0.29) is 5.41 Å². The Hall–Kier alpha value is -5.96. The smallest absolute Gasteiger partial charge is 0.0465 e. The van der Waals surface area contributed by atoms with E-state index in [1.807, 2.05) is 29.5 Å². The normalized spacial score (nSPS) is 12.3. The zero-order valence-corrected chi connectivity index (χ0v) is 32.5. The van der Waals surface area contributed by atoms with E-state index in [0.717, 1.165) is 11.4 Å². The van der Waals surface area contributed by atoms with Crippen molar-refractivity contribution in [1.29, 1.82) is 0 Å². The van der Waals surface area contributed by atoms with Crippen LogP contribution in [0.1, 0.15) is 41.7 Å². The number of hydrogen-bond acceptors (Lipinski definition) is 2. The molecule has 0 radical (unpaired) electrons. The molecule has 1 aliphatic rings. The molecule has 264 valence electrons. The summed E-state index contributed by atoms with van der Waals surface area (Å²) in [7, 11) is 0. The average Bonchev–Trinajstić information content (AvgIpc) is 3.70. The minimum Gasteiger partial charge on any atom is -0.310 e. The highest BCUT2D eigenvalue weighted by molar-refractivity contribution is 7.19. The SMILES string of the molecule is Cc1ccccc1.Cc1ccccc1-c1sc(-c2ccc(N(c3ccc(-c4ccccc4)cc3)c3ccc4c(c3)C(C)(C)c3ccccc3-4)cc2)cc1C. The van der Waals surface area contributed by atoms with Crippen molar-refractivity contribution in [2.24, 2.45) is 0 Å². The van der Waals surface area contributed by atoms with Gasteiger partial charge in [-0.2, -0.15) is 0 Å². The van der Waals surface area contributed by atoms with E-state index in [1.165, 1.54) is 76.6 Å². The van der Waals surface area contributed by atoms with Crippen molar-refractivity contribution in [3.63, 3.8) is 0 Å². The first-order valence-corrected chi connectivity index (χ1v) is 19.6. The molecule has 0 saturated carbocycles. The molecular formula is C52H45NS. The van der Waals surface area contributed by atoms with E-state index in [9.17, 15) is 0 Å². The summed E-state index contributed by atoms with van der Waals surface area (Å²) in [6, 6.07) is 65.8. The predicted molar refractivity (Wildman–Crippen MR) is 234 cm³/mol. The summed E-state index contributed by atoms with van der Waals surface area (Å²) in [5.41, 5.74) is 17.8. The molecule has 1 heterocycles. The van der Waals surface area contributed by atoms with Gasteiger partial charge in [-0.15, -0.1) is 11.3 Å². The standard InChI is InChI=1S/C45H37NS.C7H8/c1-30-12-8-9-15-38(30)44-31(2)28-43(47-44)34-20-24-36(25-21-34)46(35-22-18-33(19-23-35)32-13-6-5-7-14-32)37-26-27-40-39-16-10-11-17-41(39)45(3,4)42(40)29-37;1-7-5-3-2-4-6-7/h5-29H,1-4H3;2-6H,1H3. The summed E-state index contributed by atoms with van der Waals surface area (Å²) in [5, 5.41) is 0. The number of aryl methyl sites for hydroxylation is 3. The van der Waals surface area contributed by atoms with E-state index < -0.39 is 0 Å². The van der Waals surface area contributed by atoms with E-state index in [0.29, 0.717) is 0 Å². The Bertz CT molecular complexity index is 2520. The molecule has 1 aliphatic carbocycles. The summed E-state index contributed by atoms with van der Waals surface area (Å²) in [4.78, 5) is 5.04. The third kappa shape index (κ3) is 6.82. The molecule has 0 spiro atoms. The van der Waals surface area contributed by atoms with Crippen LogP contribution in [0.2, 0.25) is 0 Å². The van der Waals surface area contributed by atoms with Crippen LogP contribution in [0.3, 0.4) is 0 Å². The molecule has 1 nitrogen and oxygen atoms in total. The van der Waals surface area contributed by atoms with Crippen LogP contribution < -0.4 is 4.90 Å². The maximum absolute atomic E-state index is 2.41. The molecule has 0 unspecified atom stereocenters. The third-order valence-electron chi connectivity index (χ3n) is 10.7. The maximum atomic E-state index is 2.41. The Kier molecular flexibility index (Phi) is 9.63. The van der Waals surface area contributed by atoms with Crippen LogP contribution in [-0.2, 0) is 5.41 Å². The zero-order chi connectivity index (χ0) is 37.2. The lowest BCUT2D eigenvalue weighted by molar-refractivity contribution is 0.660. The Morgan fingerprint density at radius 1 is 0.407 bits per heavy atom. The van der Waals surface area contributed by atoms with Crippen LogP contribution in [-0.4, -0.2) is 0 Å². The van der Waals surface area contributed by atoms with Gasteiger partial charge >= 0.3 is 0 Å². The zero-order valence-electron chi connectivity index (χ0n) is 31.7. The first kappa shape index (κ1) is 35.1. The quantitative estimate of drug-likeness (QED) is 0.166. The fourth-order valence-corrected chi connectivity index (χ4v) is 9.01. The van der Waals surface area contributed by atoms with Gasteiger partial charge in [0.15, 0.2) is 0 Å². The highest BCUT2D eigenvalue weighted by atomic mass is 32.1. The molecule has 0 N–H and O–H groups in total. The summed E-state index contributed by atoms with van der Waals surface area (Å²) in [6.45, 7) is 11.2. The van der Waals surface area contributed by atoms with Crippen molar-refractivity contribution in [2.75, 3.05) is 4.90 Å². The van der Waals surface area contributed by atoms with E-state index >= 15 is 0 Å². The van der Waals surface area contributed by atoms with Gasteiger partial charge in [0.1, 0.15) is 0 Å². The molecule has 7 aromatic carbocycles. The molecule has 0 bridgehead atoms. The monoisotopic (exact) mass is 715 g/mol. The van der Waals surface area contributed by atoms with Gasteiger partial charge in [-0.3, -0.25) is 0 Å². The molecule has 0 atom stereocenters. The summed E-state index contributed by atoms with van der Waals surface area (Å²) >= 11 is 1.88. The number of fused-ring (bicyclic) bond motifs is 3. The Balaban J connectivity index is 0.000000533. The van der Waals surface area contributed by atoms with E-state index in [1.54, 1.807) is 0 Å². The van der Waals surface area contributed by atoms with Crippen molar-refractivity contribution in [2.45, 2.75) is 40.0 Å². The number of anilines is 3. The molecule has 0 saturated heterocycles. The van der Waals surface area contributed by atoms with Gasteiger partial charge < -0.3 is 4.90 Å². The van der Waals surface area contributed by atoms with E-state index in [4.69, 9.17) is 0 Å². The molecule has 54 heavy (non-hydrogen) atoms. The summed E-state index contributed by atoms with van der Waals surface area (Å²) in [5.74, 6) is 0. The van der Waals surface area contributed by atoms with Gasteiger partial charge in [-0.1, -0.05) is 159 Å². The second kappa shape index (κ2) is 14.8. The average molecular weight is 716 g/mol. The highest BCUT2D eigenvalue weighted by Gasteiger charge is 2.35. The summed E-state index contributed by atoms with van der Waals surface area (Å²) < 4.78 is 0. The number of thiophene rings is 1. The molecule has 8 aromatic rings. The van der Waals surface area contributed by atoms with Gasteiger partial charge in [-0.25, -0.2) is 0 Å². The van der Waals surface area contributed by atoms with Gasteiger partial charge in [0.05, 0.1) is 0 Å². The van der Waals surface area contributed by atoms with Crippen LogP contribution in [0.5, 0.6) is 0 Å². The van der Waals surface area contributed by atoms with Gasteiger partial charge in [0, 0.05) is 32.2 Å². The van der Waals surface area contributed by atoms with Gasteiger partial charge in [0.2, 0.25) is 0 Å². The first-order chi connectivity index (χ1) is 26.3. The molecule has 1 aromatic heterocycles. The van der Waals surface area contributed by atoms with Crippen molar-refractivity contribution in [3.8, 4) is 43.1 Å². The van der Waals surface area contributed by atoms with Crippen LogP contribution in [0, 0.1) is 20.8 Å². The maximum Gasteiger partial charge on any atom is 0.0465 e. The van der Waals surface area contributed by atoms with Crippen LogP contribution in [0.25, 0.3) is 43.1 Å². The second-order valence-corrected chi connectivity index (χ2v) is 15.8. The molecule has 0 aliphatic heterocycles. The number of hydrogen-bond donors (Lipinski definition) is 0. The van der Waals surface area contributed by atoms with Gasteiger partial charge in [-0.05, 0) is 119 Å². The van der Waals surface area contributed by atoms with Crippen LogP contribution in [0.4, 0.5) is 17.1 Å². The Labute approximate surface area is 324 Å². The largest absolute Gasteiger partial charge is 0.310 e. The van der Waals surface area contributed by atoms with Crippen LogP contribution >= 0.6 is 11.3 Å². The lowest BCUT2D eigenvalue weighted by Crippen LogP contribution is -2.16. The Morgan fingerprint density at radius 2 is 0.926 bits per heavy atom. The van der Waals surface area contributed by atoms with Crippen molar-refractivity contribution in [3.05, 3.63) is 210 Å². The number of nitrogens with zero attached hydrogens (tertiary/aromatic N) is 1. The molecule has 9 rings (SSSR count). The second-order valence-electron chi connectivity index (χ2n) is 14.8. The van der Waals surface area contributed by atoms with Gasteiger partial charge in [0.25, 0.3) is 0 Å². The molecule has 2 heteroatoms. The lowest BCUT2D eigenvalue weighted by Gasteiger charge is -2.28. The molecule has 0 amide bonds. The number of rotatable bonds is 6. The topological polar surface area (TPSA) is 3.24 Å². The lowest BCUT2D eigenvalue weighted by atomic mass is 9.82. The fourth-order valence-electron chi connectivity index (χ4n) is 7.74. The minimum atomic E-state index is -0.0690. The molecule has 0 fully saturated rings. The van der Waals surface area contributed by atoms with Crippen LogP contribution in [0.15, 0.2) is 182 Å². The first-order valence-electron chi connectivity index (χ1n) is 18.8. The number of benzene rings is 7. The predicted octanol–water partition coefficient (Wildman–Crippen LogP) is 15.1. The summed E-state index contributed by atoms with van der Waals surface area (Å²) in [6.07, 6.45) is 0. The highest BCUT2D eigenvalue weighted by Crippen LogP contribution is 2.51. The fraction of sp³-hybridized carbons (Fsp3) is 0.115. The minimum absolute atomic E-state index is 0.0690. The Morgan fingerprint density at radius 3 is 1.56 bits per heavy atom. The van der Waals surface area contributed by atoms with Crippen molar-refractivity contribution >= 4 is 28.4 Å².